The lowest BCUT2D eigenvalue weighted by Crippen LogP contribution is -2.47. The zero-order chi connectivity index (χ0) is 21.0. The van der Waals surface area contributed by atoms with Gasteiger partial charge in [-0.05, 0) is 69.9 Å². The Kier molecular flexibility index (Phi) is 7.16. The average Bonchev–Trinajstić information content (AvgIpc) is 2.67. The van der Waals surface area contributed by atoms with Gasteiger partial charge in [0.15, 0.2) is 0 Å². The average molecular weight is 415 g/mol. The van der Waals surface area contributed by atoms with Crippen molar-refractivity contribution in [2.45, 2.75) is 32.4 Å². The maximum atomic E-state index is 13.5. The van der Waals surface area contributed by atoms with Crippen molar-refractivity contribution in [1.29, 1.82) is 0 Å². The standard InChI is InChI=1S/C21H29F4N3O/c1-16(29)15-27-8-5-17(6-9-27)4-7-26-10-12-28(13-11-26)18-2-3-20(22)19(14-18)21(23,24)25/h2-3,14,17H,4-13,15H2,1H3. The van der Waals surface area contributed by atoms with E-state index >= 15 is 0 Å². The molecular formula is C21H29F4N3O. The summed E-state index contributed by atoms with van der Waals surface area (Å²) in [5.41, 5.74) is -0.773. The summed E-state index contributed by atoms with van der Waals surface area (Å²) < 4.78 is 52.3. The van der Waals surface area contributed by atoms with Gasteiger partial charge in [-0.15, -0.1) is 0 Å². The highest BCUT2D eigenvalue weighted by Crippen LogP contribution is 2.34. The Hall–Kier alpha value is -1.67. The Balaban J connectivity index is 1.43. The molecule has 2 aliphatic heterocycles. The van der Waals surface area contributed by atoms with Crippen LogP contribution in [-0.4, -0.2) is 67.9 Å². The summed E-state index contributed by atoms with van der Waals surface area (Å²) >= 11 is 0. The molecule has 29 heavy (non-hydrogen) atoms. The zero-order valence-electron chi connectivity index (χ0n) is 16.8. The molecule has 1 aromatic carbocycles. The van der Waals surface area contributed by atoms with Gasteiger partial charge in [0.05, 0.1) is 12.1 Å². The molecule has 0 radical (unpaired) electrons. The van der Waals surface area contributed by atoms with Gasteiger partial charge in [-0.1, -0.05) is 0 Å². The molecule has 0 spiro atoms. The van der Waals surface area contributed by atoms with Crippen LogP contribution in [0.15, 0.2) is 18.2 Å². The number of alkyl halides is 3. The van der Waals surface area contributed by atoms with Gasteiger partial charge < -0.3 is 4.90 Å². The van der Waals surface area contributed by atoms with Crippen molar-refractivity contribution in [3.8, 4) is 0 Å². The number of hydrogen-bond donors (Lipinski definition) is 0. The number of ketones is 1. The van der Waals surface area contributed by atoms with Gasteiger partial charge in [-0.25, -0.2) is 4.39 Å². The molecule has 3 rings (SSSR count). The number of carbonyl (C=O) groups is 1. The van der Waals surface area contributed by atoms with Crippen LogP contribution in [0.3, 0.4) is 0 Å². The Morgan fingerprint density at radius 1 is 1.03 bits per heavy atom. The minimum Gasteiger partial charge on any atom is -0.369 e. The smallest absolute Gasteiger partial charge is 0.369 e. The third-order valence-corrected chi connectivity index (χ3v) is 6.00. The van der Waals surface area contributed by atoms with Crippen molar-refractivity contribution in [2.75, 3.05) is 57.3 Å². The van der Waals surface area contributed by atoms with Crippen LogP contribution in [0, 0.1) is 11.7 Å². The number of anilines is 1. The van der Waals surface area contributed by atoms with Crippen molar-refractivity contribution in [2.24, 2.45) is 5.92 Å². The molecular weight excluding hydrogens is 386 g/mol. The minimum atomic E-state index is -4.68. The molecule has 1 aromatic rings. The topological polar surface area (TPSA) is 26.8 Å². The Labute approximate surface area is 169 Å². The summed E-state index contributed by atoms with van der Waals surface area (Å²) in [7, 11) is 0. The molecule has 0 amide bonds. The van der Waals surface area contributed by atoms with Gasteiger partial charge >= 0.3 is 6.18 Å². The first-order chi connectivity index (χ1) is 13.7. The first-order valence-corrected chi connectivity index (χ1v) is 10.3. The Bertz CT molecular complexity index is 694. The van der Waals surface area contributed by atoms with E-state index in [0.717, 1.165) is 64.1 Å². The van der Waals surface area contributed by atoms with Gasteiger partial charge in [0.1, 0.15) is 11.6 Å². The van der Waals surface area contributed by atoms with Crippen LogP contribution in [0.1, 0.15) is 31.7 Å². The predicted molar refractivity (Wildman–Crippen MR) is 105 cm³/mol. The third-order valence-electron chi connectivity index (χ3n) is 6.00. The lowest BCUT2D eigenvalue weighted by atomic mass is 9.93. The van der Waals surface area contributed by atoms with Gasteiger partial charge in [-0.3, -0.25) is 14.6 Å². The highest BCUT2D eigenvalue weighted by Gasteiger charge is 2.35. The van der Waals surface area contributed by atoms with Crippen LogP contribution in [0.2, 0.25) is 0 Å². The summed E-state index contributed by atoms with van der Waals surface area (Å²) in [6.45, 7) is 7.98. The molecule has 2 saturated heterocycles. The van der Waals surface area contributed by atoms with E-state index in [9.17, 15) is 22.4 Å². The number of rotatable bonds is 6. The summed E-state index contributed by atoms with van der Waals surface area (Å²) in [6.07, 6.45) is -1.34. The summed E-state index contributed by atoms with van der Waals surface area (Å²) in [5, 5.41) is 0. The van der Waals surface area contributed by atoms with E-state index in [-0.39, 0.29) is 5.78 Å². The highest BCUT2D eigenvalue weighted by molar-refractivity contribution is 5.77. The van der Waals surface area contributed by atoms with Gasteiger partial charge in [0, 0.05) is 31.9 Å². The van der Waals surface area contributed by atoms with Crippen molar-refractivity contribution in [1.82, 2.24) is 9.80 Å². The predicted octanol–water partition coefficient (Wildman–Crippen LogP) is 3.66. The van der Waals surface area contributed by atoms with Crippen LogP contribution in [0.5, 0.6) is 0 Å². The molecule has 2 fully saturated rings. The molecule has 0 N–H and O–H groups in total. The Morgan fingerprint density at radius 2 is 1.69 bits per heavy atom. The zero-order valence-corrected chi connectivity index (χ0v) is 16.8. The lowest BCUT2D eigenvalue weighted by molar-refractivity contribution is -0.140. The fourth-order valence-electron chi connectivity index (χ4n) is 4.27. The van der Waals surface area contributed by atoms with E-state index in [1.54, 1.807) is 6.92 Å². The van der Waals surface area contributed by atoms with Gasteiger partial charge in [0.25, 0.3) is 0 Å². The summed E-state index contributed by atoms with van der Waals surface area (Å²) in [4.78, 5) is 17.7. The number of piperazine rings is 1. The number of hydrogen-bond acceptors (Lipinski definition) is 4. The Morgan fingerprint density at radius 3 is 2.28 bits per heavy atom. The first kappa shape index (κ1) is 22.0. The molecule has 162 valence electrons. The molecule has 2 aliphatic rings. The van der Waals surface area contributed by atoms with Gasteiger partial charge in [-0.2, -0.15) is 13.2 Å². The van der Waals surface area contributed by atoms with Crippen molar-refractivity contribution >= 4 is 11.5 Å². The molecule has 0 unspecified atom stereocenters. The fourth-order valence-corrected chi connectivity index (χ4v) is 4.27. The number of benzene rings is 1. The highest BCUT2D eigenvalue weighted by atomic mass is 19.4. The summed E-state index contributed by atoms with van der Waals surface area (Å²) in [6, 6.07) is 3.25. The van der Waals surface area contributed by atoms with E-state index in [1.165, 1.54) is 6.07 Å². The summed E-state index contributed by atoms with van der Waals surface area (Å²) in [5.74, 6) is -0.346. The van der Waals surface area contributed by atoms with Crippen molar-refractivity contribution in [3.63, 3.8) is 0 Å². The third kappa shape index (κ3) is 6.15. The molecule has 0 aromatic heterocycles. The van der Waals surface area contributed by atoms with Crippen LogP contribution in [0.4, 0.5) is 23.2 Å². The number of Topliss-reactive ketones (excluding diaryl/α,β-unsaturated/α-hetero) is 1. The first-order valence-electron chi connectivity index (χ1n) is 10.3. The molecule has 0 bridgehead atoms. The number of piperidine rings is 1. The maximum Gasteiger partial charge on any atom is 0.419 e. The van der Waals surface area contributed by atoms with Crippen LogP contribution in [0.25, 0.3) is 0 Å². The van der Waals surface area contributed by atoms with Crippen molar-refractivity contribution < 1.29 is 22.4 Å². The number of carbonyl (C=O) groups excluding carboxylic acids is 1. The molecule has 4 nitrogen and oxygen atoms in total. The molecule has 8 heteroatoms. The van der Waals surface area contributed by atoms with E-state index in [2.05, 4.69) is 9.80 Å². The van der Waals surface area contributed by atoms with E-state index in [4.69, 9.17) is 0 Å². The molecule has 0 saturated carbocycles. The number of nitrogens with zero attached hydrogens (tertiary/aromatic N) is 3. The second-order valence-electron chi connectivity index (χ2n) is 8.20. The SMILES string of the molecule is CC(=O)CN1CCC(CCN2CCN(c3ccc(F)c(C(F)(F)F)c3)CC2)CC1. The quantitative estimate of drug-likeness (QED) is 0.663. The van der Waals surface area contributed by atoms with E-state index in [1.807, 2.05) is 4.90 Å². The van der Waals surface area contributed by atoms with Crippen LogP contribution in [-0.2, 0) is 11.0 Å². The minimum absolute atomic E-state index is 0.213. The van der Waals surface area contributed by atoms with Crippen LogP contribution < -0.4 is 4.90 Å². The number of halogens is 4. The normalized spacial score (nSPS) is 20.2. The van der Waals surface area contributed by atoms with Crippen molar-refractivity contribution in [3.05, 3.63) is 29.6 Å². The van der Waals surface area contributed by atoms with E-state index < -0.39 is 17.6 Å². The number of likely N-dealkylation sites (tertiary alicyclic amines) is 1. The maximum absolute atomic E-state index is 13.5. The molecule has 2 heterocycles. The molecule has 0 atom stereocenters. The molecule has 0 aliphatic carbocycles. The second-order valence-corrected chi connectivity index (χ2v) is 8.20. The largest absolute Gasteiger partial charge is 0.419 e. The lowest BCUT2D eigenvalue weighted by Gasteiger charge is -2.37. The van der Waals surface area contributed by atoms with Crippen LogP contribution >= 0.6 is 0 Å². The fraction of sp³-hybridized carbons (Fsp3) is 0.667. The monoisotopic (exact) mass is 415 g/mol. The second kappa shape index (κ2) is 9.43. The van der Waals surface area contributed by atoms with E-state index in [0.29, 0.717) is 31.2 Å². The van der Waals surface area contributed by atoms with Gasteiger partial charge in [0.2, 0.25) is 0 Å².